The van der Waals surface area contributed by atoms with E-state index in [-0.39, 0.29) is 17.7 Å². The number of carbonyl (C=O) groups excluding carboxylic acids is 2. The van der Waals surface area contributed by atoms with Crippen molar-refractivity contribution in [2.75, 3.05) is 13.1 Å². The number of halogens is 2. The number of aliphatic carboxylic acids is 1. The second kappa shape index (κ2) is 9.05. The molecule has 1 aromatic carbocycles. The zero-order valence-electron chi connectivity index (χ0n) is 14.2. The molecule has 6 nitrogen and oxygen atoms in total. The molecule has 1 saturated heterocycles. The first-order valence-electron chi connectivity index (χ1n) is 8.23. The van der Waals surface area contributed by atoms with E-state index < -0.39 is 12.0 Å². The molecule has 0 aromatic heterocycles. The lowest BCUT2D eigenvalue weighted by Crippen LogP contribution is -2.46. The van der Waals surface area contributed by atoms with Gasteiger partial charge >= 0.3 is 5.97 Å². The van der Waals surface area contributed by atoms with Gasteiger partial charge in [-0.2, -0.15) is 0 Å². The van der Waals surface area contributed by atoms with E-state index in [9.17, 15) is 14.4 Å². The Balaban J connectivity index is 1.87. The van der Waals surface area contributed by atoms with Gasteiger partial charge in [-0.1, -0.05) is 29.3 Å². The van der Waals surface area contributed by atoms with Crippen LogP contribution < -0.4 is 5.32 Å². The van der Waals surface area contributed by atoms with Crippen LogP contribution in [0.3, 0.4) is 0 Å². The molecule has 1 aromatic rings. The zero-order chi connectivity index (χ0) is 19.3. The standard InChI is InChI=1S/C18H20Cl2N2O4/c1-11(18(25)26)21-17(24)13-6-8-22(9-7-13)16(23)5-3-12-2-4-14(19)10-15(12)20/h2-5,10-11,13H,6-9H2,1H3,(H,21,24)(H,25,26). The van der Waals surface area contributed by atoms with Crippen molar-refractivity contribution >= 4 is 47.1 Å². The molecule has 0 radical (unpaired) electrons. The highest BCUT2D eigenvalue weighted by Gasteiger charge is 2.28. The predicted molar refractivity (Wildman–Crippen MR) is 100 cm³/mol. The third-order valence-corrected chi connectivity index (χ3v) is 4.84. The van der Waals surface area contributed by atoms with Gasteiger partial charge in [0.05, 0.1) is 0 Å². The Labute approximate surface area is 161 Å². The van der Waals surface area contributed by atoms with Gasteiger partial charge in [-0.3, -0.25) is 14.4 Å². The minimum absolute atomic E-state index is 0.159. The molecule has 140 valence electrons. The Morgan fingerprint density at radius 2 is 1.92 bits per heavy atom. The molecule has 8 heteroatoms. The number of likely N-dealkylation sites (tertiary alicyclic amines) is 1. The molecular formula is C18H20Cl2N2O4. The Kier molecular flexibility index (Phi) is 7.06. The normalized spacial score (nSPS) is 16.5. The molecular weight excluding hydrogens is 379 g/mol. The summed E-state index contributed by atoms with van der Waals surface area (Å²) in [5, 5.41) is 12.3. The fourth-order valence-electron chi connectivity index (χ4n) is 2.66. The Morgan fingerprint density at radius 1 is 1.27 bits per heavy atom. The van der Waals surface area contributed by atoms with Gasteiger partial charge in [-0.25, -0.2) is 0 Å². The molecule has 0 aliphatic carbocycles. The maximum Gasteiger partial charge on any atom is 0.325 e. The molecule has 2 rings (SSSR count). The van der Waals surface area contributed by atoms with E-state index in [1.807, 2.05) is 0 Å². The van der Waals surface area contributed by atoms with E-state index in [0.717, 1.165) is 0 Å². The van der Waals surface area contributed by atoms with Crippen LogP contribution in [0.5, 0.6) is 0 Å². The molecule has 1 heterocycles. The second-order valence-electron chi connectivity index (χ2n) is 6.17. The number of rotatable bonds is 5. The van der Waals surface area contributed by atoms with E-state index in [2.05, 4.69) is 5.32 Å². The van der Waals surface area contributed by atoms with E-state index in [1.54, 1.807) is 29.2 Å². The number of amides is 2. The van der Waals surface area contributed by atoms with Crippen LogP contribution in [0.2, 0.25) is 10.0 Å². The summed E-state index contributed by atoms with van der Waals surface area (Å²) in [7, 11) is 0. The number of piperidine rings is 1. The first kappa shape index (κ1) is 20.3. The predicted octanol–water partition coefficient (Wildman–Crippen LogP) is 2.83. The van der Waals surface area contributed by atoms with Crippen LogP contribution in [0, 0.1) is 5.92 Å². The first-order valence-corrected chi connectivity index (χ1v) is 8.98. The fraction of sp³-hybridized carbons (Fsp3) is 0.389. The SMILES string of the molecule is CC(NC(=O)C1CCN(C(=O)C=Cc2ccc(Cl)cc2Cl)CC1)C(=O)O. The number of carboxylic acids is 1. The van der Waals surface area contributed by atoms with Crippen molar-refractivity contribution in [2.45, 2.75) is 25.8 Å². The monoisotopic (exact) mass is 398 g/mol. The zero-order valence-corrected chi connectivity index (χ0v) is 15.8. The van der Waals surface area contributed by atoms with Crippen LogP contribution in [0.4, 0.5) is 0 Å². The number of carboxylic acid groups (broad SMARTS) is 1. The lowest BCUT2D eigenvalue weighted by atomic mass is 9.95. The summed E-state index contributed by atoms with van der Waals surface area (Å²) in [6, 6.07) is 4.11. The summed E-state index contributed by atoms with van der Waals surface area (Å²) in [4.78, 5) is 36.8. The third-order valence-electron chi connectivity index (χ3n) is 4.27. The van der Waals surface area contributed by atoms with Gasteiger partial charge < -0.3 is 15.3 Å². The Morgan fingerprint density at radius 3 is 2.50 bits per heavy atom. The van der Waals surface area contributed by atoms with E-state index in [4.69, 9.17) is 28.3 Å². The number of carbonyl (C=O) groups is 3. The smallest absolute Gasteiger partial charge is 0.325 e. The van der Waals surface area contributed by atoms with Gasteiger partial charge in [0, 0.05) is 35.1 Å². The fourth-order valence-corrected chi connectivity index (χ4v) is 3.13. The number of benzene rings is 1. The van der Waals surface area contributed by atoms with Gasteiger partial charge in [0.2, 0.25) is 11.8 Å². The lowest BCUT2D eigenvalue weighted by molar-refractivity contribution is -0.142. The molecule has 1 aliphatic rings. The summed E-state index contributed by atoms with van der Waals surface area (Å²) in [6.07, 6.45) is 4.08. The van der Waals surface area contributed by atoms with Crippen molar-refractivity contribution in [1.29, 1.82) is 0 Å². The second-order valence-corrected chi connectivity index (χ2v) is 7.01. The third kappa shape index (κ3) is 5.47. The van der Waals surface area contributed by atoms with Crippen LogP contribution in [0.1, 0.15) is 25.3 Å². The topological polar surface area (TPSA) is 86.7 Å². The molecule has 0 spiro atoms. The molecule has 1 unspecified atom stereocenters. The highest BCUT2D eigenvalue weighted by atomic mass is 35.5. The van der Waals surface area contributed by atoms with E-state index >= 15 is 0 Å². The van der Waals surface area contributed by atoms with E-state index in [0.29, 0.717) is 41.5 Å². The van der Waals surface area contributed by atoms with Crippen molar-refractivity contribution in [3.8, 4) is 0 Å². The van der Waals surface area contributed by atoms with Gasteiger partial charge in [-0.15, -0.1) is 0 Å². The van der Waals surface area contributed by atoms with Gasteiger partial charge in [-0.05, 0) is 43.5 Å². The summed E-state index contributed by atoms with van der Waals surface area (Å²) in [6.45, 7) is 2.31. The maximum absolute atomic E-state index is 12.3. The van der Waals surface area contributed by atoms with Crippen molar-refractivity contribution in [2.24, 2.45) is 5.92 Å². The van der Waals surface area contributed by atoms with Crippen LogP contribution in [0.25, 0.3) is 6.08 Å². The van der Waals surface area contributed by atoms with Crippen LogP contribution in [-0.2, 0) is 14.4 Å². The Hall–Kier alpha value is -2.05. The molecule has 1 fully saturated rings. The molecule has 0 bridgehead atoms. The van der Waals surface area contributed by atoms with Crippen molar-refractivity contribution in [3.63, 3.8) is 0 Å². The van der Waals surface area contributed by atoms with Crippen LogP contribution in [0.15, 0.2) is 24.3 Å². The van der Waals surface area contributed by atoms with Gasteiger partial charge in [0.25, 0.3) is 0 Å². The van der Waals surface area contributed by atoms with Gasteiger partial charge in [0.1, 0.15) is 6.04 Å². The highest BCUT2D eigenvalue weighted by Crippen LogP contribution is 2.22. The summed E-state index contributed by atoms with van der Waals surface area (Å²) in [5.74, 6) is -1.79. The molecule has 26 heavy (non-hydrogen) atoms. The summed E-state index contributed by atoms with van der Waals surface area (Å²) >= 11 is 11.9. The van der Waals surface area contributed by atoms with Crippen molar-refractivity contribution < 1.29 is 19.5 Å². The summed E-state index contributed by atoms with van der Waals surface area (Å²) < 4.78 is 0. The Bertz CT molecular complexity index is 728. The average Bonchev–Trinajstić information content (AvgIpc) is 2.60. The number of hydrogen-bond acceptors (Lipinski definition) is 3. The molecule has 0 saturated carbocycles. The molecule has 1 aliphatic heterocycles. The average molecular weight is 399 g/mol. The first-order chi connectivity index (χ1) is 12.3. The van der Waals surface area contributed by atoms with Crippen LogP contribution in [-0.4, -0.2) is 46.9 Å². The highest BCUT2D eigenvalue weighted by molar-refractivity contribution is 6.35. The minimum atomic E-state index is -1.07. The van der Waals surface area contributed by atoms with Crippen molar-refractivity contribution in [1.82, 2.24) is 10.2 Å². The van der Waals surface area contributed by atoms with Crippen LogP contribution >= 0.6 is 23.2 Å². The quantitative estimate of drug-likeness (QED) is 0.746. The number of nitrogens with one attached hydrogen (secondary N) is 1. The summed E-state index contributed by atoms with van der Waals surface area (Å²) in [5.41, 5.74) is 0.696. The molecule has 2 amide bonds. The molecule has 2 N–H and O–H groups in total. The van der Waals surface area contributed by atoms with Gasteiger partial charge in [0.15, 0.2) is 0 Å². The maximum atomic E-state index is 12.3. The molecule has 1 atom stereocenters. The van der Waals surface area contributed by atoms with E-state index in [1.165, 1.54) is 13.0 Å². The number of nitrogens with zero attached hydrogens (tertiary/aromatic N) is 1. The lowest BCUT2D eigenvalue weighted by Gasteiger charge is -2.31. The minimum Gasteiger partial charge on any atom is -0.480 e. The van der Waals surface area contributed by atoms with Crippen molar-refractivity contribution in [3.05, 3.63) is 39.9 Å². The number of hydrogen-bond donors (Lipinski definition) is 2. The largest absolute Gasteiger partial charge is 0.480 e.